The van der Waals surface area contributed by atoms with Gasteiger partial charge in [-0.1, -0.05) is 6.07 Å². The minimum absolute atomic E-state index is 0.470. The molecule has 1 atom stereocenters. The van der Waals surface area contributed by atoms with E-state index in [0.717, 1.165) is 0 Å². The number of aromatic nitrogens is 1. The summed E-state index contributed by atoms with van der Waals surface area (Å²) in [7, 11) is 1.51. The summed E-state index contributed by atoms with van der Waals surface area (Å²) in [4.78, 5) is 14.6. The van der Waals surface area contributed by atoms with Crippen molar-refractivity contribution in [2.75, 3.05) is 7.11 Å². The van der Waals surface area contributed by atoms with E-state index in [0.29, 0.717) is 11.4 Å². The summed E-state index contributed by atoms with van der Waals surface area (Å²) in [5, 5.41) is -0.835. The summed E-state index contributed by atoms with van der Waals surface area (Å²) in [5.74, 6) is -0.120. The minimum Gasteiger partial charge on any atom is -0.481 e. The van der Waals surface area contributed by atoms with E-state index in [9.17, 15) is 4.79 Å². The van der Waals surface area contributed by atoms with Crippen LogP contribution < -0.4 is 10.5 Å². The van der Waals surface area contributed by atoms with Gasteiger partial charge in [-0.05, 0) is 5.56 Å². The molecule has 70 valence electrons. The van der Waals surface area contributed by atoms with Crippen LogP contribution in [0.2, 0.25) is 0 Å². The van der Waals surface area contributed by atoms with Gasteiger partial charge in [0.15, 0.2) is 0 Å². The van der Waals surface area contributed by atoms with Crippen LogP contribution in [0.25, 0.3) is 0 Å². The number of halogens is 1. The predicted octanol–water partition coefficient (Wildman–Crippen LogP) is 0.855. The molecule has 1 aromatic heterocycles. The molecule has 0 saturated carbocycles. The molecule has 1 aromatic rings. The van der Waals surface area contributed by atoms with Crippen LogP contribution in [0.4, 0.5) is 0 Å². The van der Waals surface area contributed by atoms with Gasteiger partial charge in [0, 0.05) is 12.3 Å². The van der Waals surface area contributed by atoms with E-state index in [1.165, 1.54) is 13.3 Å². The molecule has 2 N–H and O–H groups in total. The number of pyridine rings is 1. The molecule has 0 radical (unpaired) electrons. The van der Waals surface area contributed by atoms with Crippen LogP contribution >= 0.6 is 11.6 Å². The highest BCUT2D eigenvalue weighted by atomic mass is 35.5. The summed E-state index contributed by atoms with van der Waals surface area (Å²) < 4.78 is 4.84. The van der Waals surface area contributed by atoms with Crippen molar-refractivity contribution in [3.63, 3.8) is 0 Å². The number of rotatable bonds is 3. The van der Waals surface area contributed by atoms with Gasteiger partial charge in [0.25, 0.3) is 0 Å². The van der Waals surface area contributed by atoms with Gasteiger partial charge in [-0.2, -0.15) is 0 Å². The molecule has 0 aliphatic heterocycles. The van der Waals surface area contributed by atoms with Gasteiger partial charge in [-0.15, -0.1) is 11.6 Å². The lowest BCUT2D eigenvalue weighted by atomic mass is 10.2. The maximum absolute atomic E-state index is 10.7. The Morgan fingerprint density at radius 1 is 1.69 bits per heavy atom. The number of ether oxygens (including phenoxy) is 1. The van der Waals surface area contributed by atoms with Crippen LogP contribution in [0.1, 0.15) is 10.9 Å². The molecule has 1 heterocycles. The third-order valence-electron chi connectivity index (χ3n) is 1.51. The zero-order valence-corrected chi connectivity index (χ0v) is 7.78. The van der Waals surface area contributed by atoms with Crippen molar-refractivity contribution in [1.82, 2.24) is 4.98 Å². The zero-order chi connectivity index (χ0) is 9.84. The molecule has 4 nitrogen and oxygen atoms in total. The molecule has 1 rings (SSSR count). The van der Waals surface area contributed by atoms with Gasteiger partial charge in [-0.25, -0.2) is 4.98 Å². The molecule has 1 unspecified atom stereocenters. The Morgan fingerprint density at radius 3 is 2.77 bits per heavy atom. The van der Waals surface area contributed by atoms with Gasteiger partial charge in [0.1, 0.15) is 5.38 Å². The number of alkyl halides is 1. The van der Waals surface area contributed by atoms with E-state index >= 15 is 0 Å². The molecule has 0 bridgehead atoms. The van der Waals surface area contributed by atoms with Gasteiger partial charge in [-0.3, -0.25) is 4.79 Å². The van der Waals surface area contributed by atoms with Crippen LogP contribution in [0, 0.1) is 0 Å². The largest absolute Gasteiger partial charge is 0.481 e. The molecule has 0 aliphatic carbocycles. The second-order valence-corrected chi connectivity index (χ2v) is 2.84. The van der Waals surface area contributed by atoms with Crippen LogP contribution in [0.15, 0.2) is 18.3 Å². The van der Waals surface area contributed by atoms with E-state index in [2.05, 4.69) is 4.98 Å². The van der Waals surface area contributed by atoms with Gasteiger partial charge < -0.3 is 10.5 Å². The average Bonchev–Trinajstić information content (AvgIpc) is 2.17. The van der Waals surface area contributed by atoms with Crippen LogP contribution in [0.5, 0.6) is 5.88 Å². The van der Waals surface area contributed by atoms with E-state index < -0.39 is 11.3 Å². The number of hydrogen-bond donors (Lipinski definition) is 1. The van der Waals surface area contributed by atoms with Crippen LogP contribution in [-0.4, -0.2) is 18.0 Å². The lowest BCUT2D eigenvalue weighted by Gasteiger charge is -2.05. The number of nitrogens with two attached hydrogens (primary N) is 1. The minimum atomic E-state index is -0.835. The molecule has 5 heteroatoms. The second-order valence-electron chi connectivity index (χ2n) is 2.40. The molecule has 0 fully saturated rings. The number of primary amides is 1. The summed E-state index contributed by atoms with van der Waals surface area (Å²) >= 11 is 5.68. The Hall–Kier alpha value is -1.29. The average molecular weight is 201 g/mol. The van der Waals surface area contributed by atoms with E-state index in [-0.39, 0.29) is 0 Å². The van der Waals surface area contributed by atoms with Gasteiger partial charge >= 0.3 is 0 Å². The molecule has 1 amide bonds. The number of carbonyl (C=O) groups is 1. The first-order valence-corrected chi connectivity index (χ1v) is 4.02. The third kappa shape index (κ3) is 2.32. The molecule has 13 heavy (non-hydrogen) atoms. The van der Waals surface area contributed by atoms with E-state index in [1.54, 1.807) is 12.1 Å². The molecule has 0 spiro atoms. The molecule has 0 saturated heterocycles. The van der Waals surface area contributed by atoms with Crippen molar-refractivity contribution in [1.29, 1.82) is 0 Å². The van der Waals surface area contributed by atoms with Crippen LogP contribution in [0.3, 0.4) is 0 Å². The molecule has 0 aromatic carbocycles. The Morgan fingerprint density at radius 2 is 2.38 bits per heavy atom. The zero-order valence-electron chi connectivity index (χ0n) is 7.03. The lowest BCUT2D eigenvalue weighted by Crippen LogP contribution is -2.17. The summed E-state index contributed by atoms with van der Waals surface area (Å²) in [5.41, 5.74) is 5.57. The number of carbonyl (C=O) groups excluding carboxylic acids is 1. The maximum atomic E-state index is 10.7. The second kappa shape index (κ2) is 4.09. The Bertz CT molecular complexity index is 300. The number of amides is 1. The normalized spacial score (nSPS) is 12.2. The number of nitrogens with zero attached hydrogens (tertiary/aromatic N) is 1. The van der Waals surface area contributed by atoms with Crippen molar-refractivity contribution in [2.24, 2.45) is 5.73 Å². The standard InChI is InChI=1S/C8H9ClN2O2/c1-13-6-3-2-5(4-11-6)7(9)8(10)12/h2-4,7H,1H3,(H2,10,12). The smallest absolute Gasteiger partial charge is 0.240 e. The summed E-state index contributed by atoms with van der Waals surface area (Å²) in [6.45, 7) is 0. The molecular formula is C8H9ClN2O2. The number of methoxy groups -OCH3 is 1. The summed E-state index contributed by atoms with van der Waals surface area (Å²) in [6, 6.07) is 3.27. The van der Waals surface area contributed by atoms with E-state index in [4.69, 9.17) is 22.1 Å². The number of hydrogen-bond acceptors (Lipinski definition) is 3. The fourth-order valence-electron chi connectivity index (χ4n) is 0.827. The van der Waals surface area contributed by atoms with Crippen molar-refractivity contribution in [3.8, 4) is 5.88 Å². The van der Waals surface area contributed by atoms with Crippen molar-refractivity contribution in [2.45, 2.75) is 5.38 Å². The predicted molar refractivity (Wildman–Crippen MR) is 48.6 cm³/mol. The highest BCUT2D eigenvalue weighted by molar-refractivity contribution is 6.30. The monoisotopic (exact) mass is 200 g/mol. The SMILES string of the molecule is COc1ccc(C(Cl)C(N)=O)cn1. The first-order valence-electron chi connectivity index (χ1n) is 3.58. The highest BCUT2D eigenvalue weighted by Gasteiger charge is 2.13. The lowest BCUT2D eigenvalue weighted by molar-refractivity contribution is -0.117. The molecular weight excluding hydrogens is 192 g/mol. The highest BCUT2D eigenvalue weighted by Crippen LogP contribution is 2.20. The first-order chi connectivity index (χ1) is 6.15. The first kappa shape index (κ1) is 9.80. The summed E-state index contributed by atoms with van der Waals surface area (Å²) in [6.07, 6.45) is 1.46. The molecule has 0 aliphatic rings. The van der Waals surface area contributed by atoms with Crippen molar-refractivity contribution < 1.29 is 9.53 Å². The fourth-order valence-corrected chi connectivity index (χ4v) is 0.956. The van der Waals surface area contributed by atoms with Crippen molar-refractivity contribution >= 4 is 17.5 Å². The van der Waals surface area contributed by atoms with E-state index in [1.807, 2.05) is 0 Å². The third-order valence-corrected chi connectivity index (χ3v) is 1.98. The maximum Gasteiger partial charge on any atom is 0.240 e. The van der Waals surface area contributed by atoms with Crippen LogP contribution in [-0.2, 0) is 4.79 Å². The quantitative estimate of drug-likeness (QED) is 0.736. The Balaban J connectivity index is 2.85. The Labute approximate surface area is 80.7 Å². The Kier molecular flexibility index (Phi) is 3.08. The van der Waals surface area contributed by atoms with Gasteiger partial charge in [0.2, 0.25) is 11.8 Å². The van der Waals surface area contributed by atoms with Crippen molar-refractivity contribution in [3.05, 3.63) is 23.9 Å². The van der Waals surface area contributed by atoms with Gasteiger partial charge in [0.05, 0.1) is 7.11 Å². The fraction of sp³-hybridized carbons (Fsp3) is 0.250. The topological polar surface area (TPSA) is 65.2 Å².